The van der Waals surface area contributed by atoms with E-state index >= 15 is 0 Å². The molecule has 0 fully saturated rings. The van der Waals surface area contributed by atoms with Crippen LogP contribution in [0, 0.1) is 11.7 Å². The van der Waals surface area contributed by atoms with Crippen LogP contribution in [-0.4, -0.2) is 21.3 Å². The van der Waals surface area contributed by atoms with Gasteiger partial charge in [-0.2, -0.15) is 0 Å². The summed E-state index contributed by atoms with van der Waals surface area (Å²) >= 11 is 0. The number of aliphatic hydroxyl groups excluding tert-OH is 1. The summed E-state index contributed by atoms with van der Waals surface area (Å²) in [5.41, 5.74) is -0.117. The minimum atomic E-state index is -0.587. The highest BCUT2D eigenvalue weighted by Crippen LogP contribution is 2.13. The lowest BCUT2D eigenvalue weighted by Crippen LogP contribution is -2.27. The Balaban J connectivity index is 1.91. The van der Waals surface area contributed by atoms with Crippen LogP contribution >= 0.6 is 0 Å². The van der Waals surface area contributed by atoms with Crippen molar-refractivity contribution in [2.45, 2.75) is 13.0 Å². The van der Waals surface area contributed by atoms with E-state index in [1.807, 2.05) is 6.07 Å². The van der Waals surface area contributed by atoms with Crippen molar-refractivity contribution >= 4 is 10.9 Å². The Morgan fingerprint density at radius 3 is 2.91 bits per heavy atom. The van der Waals surface area contributed by atoms with E-state index in [1.165, 1.54) is 23.0 Å². The second kappa shape index (κ2) is 6.11. The molecule has 0 aliphatic heterocycles. The Bertz CT molecular complexity index is 827. The normalized spacial score (nSPS) is 12.6. The average molecular weight is 302 g/mol. The summed E-state index contributed by atoms with van der Waals surface area (Å²) in [6.07, 6.45) is 3.43. The number of benzene rings is 1. The topological polar surface area (TPSA) is 68.3 Å². The molecule has 5 nitrogen and oxygen atoms in total. The van der Waals surface area contributed by atoms with Crippen LogP contribution in [0.25, 0.3) is 10.9 Å². The predicted molar refractivity (Wildman–Crippen MR) is 78.9 cm³/mol. The van der Waals surface area contributed by atoms with Gasteiger partial charge in [-0.3, -0.25) is 9.36 Å². The Morgan fingerprint density at radius 2 is 2.18 bits per heavy atom. The van der Waals surface area contributed by atoms with E-state index in [2.05, 4.69) is 4.98 Å². The lowest BCUT2D eigenvalue weighted by atomic mass is 10.0. The molecule has 1 aromatic carbocycles. The minimum absolute atomic E-state index is 0.0281. The van der Waals surface area contributed by atoms with Crippen molar-refractivity contribution in [3.05, 3.63) is 64.9 Å². The number of aliphatic hydroxyl groups is 1. The fourth-order valence-electron chi connectivity index (χ4n) is 2.47. The first kappa shape index (κ1) is 14.5. The lowest BCUT2D eigenvalue weighted by Gasteiger charge is -2.14. The van der Waals surface area contributed by atoms with Crippen LogP contribution in [0.1, 0.15) is 5.76 Å². The molecule has 0 aliphatic carbocycles. The largest absolute Gasteiger partial charge is 0.469 e. The van der Waals surface area contributed by atoms with Gasteiger partial charge in [-0.25, -0.2) is 9.37 Å². The van der Waals surface area contributed by atoms with Crippen molar-refractivity contribution < 1.29 is 13.9 Å². The molecule has 3 rings (SSSR count). The first-order chi connectivity index (χ1) is 10.7. The predicted octanol–water partition coefficient (Wildman–Crippen LogP) is 1.98. The van der Waals surface area contributed by atoms with E-state index in [4.69, 9.17) is 4.42 Å². The third kappa shape index (κ3) is 2.78. The SMILES string of the molecule is O=c1c2c(F)cccc2ncn1C[C@H](CO)Cc1ccco1. The van der Waals surface area contributed by atoms with Gasteiger partial charge < -0.3 is 9.52 Å². The van der Waals surface area contributed by atoms with Gasteiger partial charge in [0.05, 0.1) is 18.1 Å². The van der Waals surface area contributed by atoms with Crippen molar-refractivity contribution in [2.24, 2.45) is 5.92 Å². The van der Waals surface area contributed by atoms with E-state index in [-0.39, 0.29) is 24.5 Å². The van der Waals surface area contributed by atoms with E-state index < -0.39 is 11.4 Å². The Kier molecular flexibility index (Phi) is 4.02. The monoisotopic (exact) mass is 302 g/mol. The molecule has 0 saturated carbocycles. The van der Waals surface area contributed by atoms with E-state index in [0.717, 1.165) is 5.76 Å². The second-order valence-electron chi connectivity index (χ2n) is 5.17. The number of hydrogen-bond acceptors (Lipinski definition) is 4. The molecule has 0 radical (unpaired) electrons. The van der Waals surface area contributed by atoms with Crippen LogP contribution in [0.5, 0.6) is 0 Å². The van der Waals surface area contributed by atoms with Gasteiger partial charge in [0.25, 0.3) is 5.56 Å². The van der Waals surface area contributed by atoms with Crippen molar-refractivity contribution in [2.75, 3.05) is 6.61 Å². The summed E-state index contributed by atoms with van der Waals surface area (Å²) in [6, 6.07) is 7.92. The summed E-state index contributed by atoms with van der Waals surface area (Å²) in [7, 11) is 0. The van der Waals surface area contributed by atoms with Crippen LogP contribution in [0.3, 0.4) is 0 Å². The molecule has 3 aromatic rings. The number of aromatic nitrogens is 2. The van der Waals surface area contributed by atoms with Gasteiger partial charge in [0.15, 0.2) is 0 Å². The average Bonchev–Trinajstić information content (AvgIpc) is 3.02. The van der Waals surface area contributed by atoms with Gasteiger partial charge in [0.1, 0.15) is 17.0 Å². The summed E-state index contributed by atoms with van der Waals surface area (Å²) in [5, 5.41) is 9.47. The number of rotatable bonds is 5. The molecule has 0 unspecified atom stereocenters. The molecule has 1 N–H and O–H groups in total. The highest BCUT2D eigenvalue weighted by Gasteiger charge is 2.15. The maximum atomic E-state index is 13.8. The molecule has 114 valence electrons. The number of halogens is 1. The third-order valence-electron chi connectivity index (χ3n) is 3.59. The summed E-state index contributed by atoms with van der Waals surface area (Å²) in [5.74, 6) is -0.0714. The molecule has 0 spiro atoms. The fraction of sp³-hybridized carbons (Fsp3) is 0.250. The van der Waals surface area contributed by atoms with Crippen molar-refractivity contribution in [3.8, 4) is 0 Å². The summed E-state index contributed by atoms with van der Waals surface area (Å²) in [6.45, 7) is 0.135. The number of hydrogen-bond donors (Lipinski definition) is 1. The molecule has 0 aliphatic rings. The summed E-state index contributed by atoms with van der Waals surface area (Å²) in [4.78, 5) is 16.5. The molecule has 1 atom stereocenters. The van der Waals surface area contributed by atoms with E-state index in [1.54, 1.807) is 18.4 Å². The van der Waals surface area contributed by atoms with Crippen LogP contribution in [0.2, 0.25) is 0 Å². The molecule has 2 heterocycles. The first-order valence-electron chi connectivity index (χ1n) is 6.96. The van der Waals surface area contributed by atoms with Gasteiger partial charge in [-0.15, -0.1) is 0 Å². The maximum Gasteiger partial charge on any atom is 0.264 e. The molecule has 0 bridgehead atoms. The number of furan rings is 1. The number of fused-ring (bicyclic) bond motifs is 1. The zero-order valence-electron chi connectivity index (χ0n) is 11.8. The lowest BCUT2D eigenvalue weighted by molar-refractivity contribution is 0.203. The Labute approximate surface area is 125 Å². The van der Waals surface area contributed by atoms with Crippen LogP contribution in [0.4, 0.5) is 4.39 Å². The zero-order valence-corrected chi connectivity index (χ0v) is 11.8. The van der Waals surface area contributed by atoms with Gasteiger partial charge in [-0.1, -0.05) is 6.07 Å². The second-order valence-corrected chi connectivity index (χ2v) is 5.17. The quantitative estimate of drug-likeness (QED) is 0.782. The maximum absolute atomic E-state index is 13.8. The van der Waals surface area contributed by atoms with Crippen LogP contribution in [-0.2, 0) is 13.0 Å². The van der Waals surface area contributed by atoms with Gasteiger partial charge in [0, 0.05) is 25.5 Å². The Hall–Kier alpha value is -2.47. The van der Waals surface area contributed by atoms with Crippen molar-refractivity contribution in [3.63, 3.8) is 0 Å². The van der Waals surface area contributed by atoms with Crippen LogP contribution < -0.4 is 5.56 Å². The molecule has 0 amide bonds. The highest BCUT2D eigenvalue weighted by molar-refractivity contribution is 5.77. The smallest absolute Gasteiger partial charge is 0.264 e. The van der Waals surface area contributed by atoms with E-state index in [0.29, 0.717) is 11.9 Å². The molecular formula is C16H15FN2O3. The van der Waals surface area contributed by atoms with Gasteiger partial charge in [0.2, 0.25) is 0 Å². The van der Waals surface area contributed by atoms with Crippen molar-refractivity contribution in [1.82, 2.24) is 9.55 Å². The van der Waals surface area contributed by atoms with Crippen LogP contribution in [0.15, 0.2) is 52.1 Å². The molecule has 0 saturated heterocycles. The minimum Gasteiger partial charge on any atom is -0.469 e. The standard InChI is InChI=1S/C16H15FN2O3/c17-13-4-1-5-14-15(13)16(21)19(10-18-14)8-11(9-20)7-12-3-2-6-22-12/h1-6,10-11,20H,7-9H2/t11-/m1/s1. The van der Waals surface area contributed by atoms with Gasteiger partial charge in [-0.05, 0) is 24.3 Å². The molecular weight excluding hydrogens is 287 g/mol. The summed E-state index contributed by atoms with van der Waals surface area (Å²) < 4.78 is 20.4. The molecule has 2 aromatic heterocycles. The number of nitrogens with zero attached hydrogens (tertiary/aromatic N) is 2. The first-order valence-corrected chi connectivity index (χ1v) is 6.96. The molecule has 22 heavy (non-hydrogen) atoms. The van der Waals surface area contributed by atoms with Gasteiger partial charge >= 0.3 is 0 Å². The molecule has 6 heteroatoms. The fourth-order valence-corrected chi connectivity index (χ4v) is 2.47. The highest BCUT2D eigenvalue weighted by atomic mass is 19.1. The van der Waals surface area contributed by atoms with E-state index in [9.17, 15) is 14.3 Å². The zero-order chi connectivity index (χ0) is 15.5. The third-order valence-corrected chi connectivity index (χ3v) is 3.59. The Morgan fingerprint density at radius 1 is 1.32 bits per heavy atom. The van der Waals surface area contributed by atoms with Crippen molar-refractivity contribution in [1.29, 1.82) is 0 Å².